The number of thiocarbonyl (C=S) groups is 1. The maximum atomic E-state index is 12.4. The van der Waals surface area contributed by atoms with Crippen molar-refractivity contribution in [3.63, 3.8) is 0 Å². The fraction of sp³-hybridized carbons (Fsp3) is 0.235. The zero-order valence-electron chi connectivity index (χ0n) is 15.6. The summed E-state index contributed by atoms with van der Waals surface area (Å²) < 4.78 is 17.6. The van der Waals surface area contributed by atoms with Crippen molar-refractivity contribution >= 4 is 46.3 Å². The second-order valence-electron chi connectivity index (χ2n) is 5.63. The molecule has 3 rings (SSSR count). The van der Waals surface area contributed by atoms with Gasteiger partial charge in [-0.15, -0.1) is 5.10 Å². The maximum Gasteiger partial charge on any atom is 0.323 e. The van der Waals surface area contributed by atoms with Crippen LogP contribution in [-0.2, 0) is 9.59 Å². The van der Waals surface area contributed by atoms with Gasteiger partial charge in [-0.05, 0) is 6.08 Å². The summed E-state index contributed by atoms with van der Waals surface area (Å²) in [7, 11) is 4.52. The highest BCUT2D eigenvalue weighted by molar-refractivity contribution is 8.26. The number of ether oxygens (including phenoxy) is 3. The molecule has 10 nitrogen and oxygen atoms in total. The van der Waals surface area contributed by atoms with E-state index >= 15 is 0 Å². The smallest absolute Gasteiger partial charge is 0.323 e. The Labute approximate surface area is 175 Å². The number of methoxy groups -OCH3 is 3. The highest BCUT2D eigenvalue weighted by Gasteiger charge is 2.33. The van der Waals surface area contributed by atoms with Crippen LogP contribution in [0.5, 0.6) is 17.2 Å². The van der Waals surface area contributed by atoms with Gasteiger partial charge in [-0.1, -0.05) is 29.2 Å². The minimum atomic E-state index is -1.14. The van der Waals surface area contributed by atoms with Crippen molar-refractivity contribution in [1.29, 1.82) is 0 Å². The molecular formula is C17H16N4O6S2. The van der Waals surface area contributed by atoms with Crippen LogP contribution < -0.4 is 14.2 Å². The summed E-state index contributed by atoms with van der Waals surface area (Å²) in [4.78, 5) is 24.5. The SMILES string of the molecule is COc1cc(-n2cc(/C=C3\SC(=S)N(CC(=O)O)C3=O)nn2)cc(OC)c1OC. The summed E-state index contributed by atoms with van der Waals surface area (Å²) in [5.74, 6) is -0.274. The molecule has 0 bridgehead atoms. The zero-order valence-corrected chi connectivity index (χ0v) is 17.2. The van der Waals surface area contributed by atoms with Crippen LogP contribution in [-0.4, -0.2) is 69.1 Å². The van der Waals surface area contributed by atoms with Crippen molar-refractivity contribution in [2.45, 2.75) is 0 Å². The third kappa shape index (κ3) is 4.17. The molecule has 0 saturated carbocycles. The van der Waals surface area contributed by atoms with E-state index in [2.05, 4.69) is 10.3 Å². The van der Waals surface area contributed by atoms with Crippen LogP contribution in [0.2, 0.25) is 0 Å². The lowest BCUT2D eigenvalue weighted by molar-refractivity contribution is -0.140. The molecule has 0 radical (unpaired) electrons. The Balaban J connectivity index is 1.90. The average Bonchev–Trinajstić information content (AvgIpc) is 3.27. The third-order valence-corrected chi connectivity index (χ3v) is 5.25. The molecule has 1 aromatic carbocycles. The fourth-order valence-electron chi connectivity index (χ4n) is 2.57. The number of hydrogen-bond acceptors (Lipinski definition) is 9. The molecule has 152 valence electrons. The van der Waals surface area contributed by atoms with E-state index < -0.39 is 18.4 Å². The molecule has 1 aliphatic heterocycles. The van der Waals surface area contributed by atoms with Gasteiger partial charge in [0.25, 0.3) is 5.91 Å². The monoisotopic (exact) mass is 436 g/mol. The number of hydrogen-bond donors (Lipinski definition) is 1. The van der Waals surface area contributed by atoms with E-state index in [0.29, 0.717) is 28.6 Å². The number of aromatic nitrogens is 3. The van der Waals surface area contributed by atoms with Gasteiger partial charge in [-0.3, -0.25) is 14.5 Å². The van der Waals surface area contributed by atoms with Crippen molar-refractivity contribution in [1.82, 2.24) is 19.9 Å². The lowest BCUT2D eigenvalue weighted by Gasteiger charge is -2.13. The standard InChI is InChI=1S/C17H16N4O6S2/c1-25-11-5-10(6-12(26-2)15(11)27-3)21-7-9(18-19-21)4-13-16(24)20(8-14(22)23)17(28)29-13/h4-7H,8H2,1-3H3,(H,22,23)/b13-4-. The molecule has 0 unspecified atom stereocenters. The first kappa shape index (κ1) is 20.6. The van der Waals surface area contributed by atoms with Crippen LogP contribution in [0.1, 0.15) is 5.69 Å². The highest BCUT2D eigenvalue weighted by Crippen LogP contribution is 2.39. The van der Waals surface area contributed by atoms with E-state index in [1.807, 2.05) is 0 Å². The zero-order chi connectivity index (χ0) is 21.1. The minimum absolute atomic E-state index is 0.181. The Bertz CT molecular complexity index is 994. The molecule has 2 aromatic rings. The second-order valence-corrected chi connectivity index (χ2v) is 7.31. The summed E-state index contributed by atoms with van der Waals surface area (Å²) >= 11 is 6.09. The number of amides is 1. The molecule has 1 saturated heterocycles. The van der Waals surface area contributed by atoms with Gasteiger partial charge in [0.05, 0.1) is 38.1 Å². The van der Waals surface area contributed by atoms with E-state index in [4.69, 9.17) is 31.5 Å². The Hall–Kier alpha value is -3.12. The summed E-state index contributed by atoms with van der Waals surface area (Å²) in [5.41, 5.74) is 1.000. The highest BCUT2D eigenvalue weighted by atomic mass is 32.2. The summed E-state index contributed by atoms with van der Waals surface area (Å²) in [6, 6.07) is 3.40. The third-order valence-electron chi connectivity index (χ3n) is 3.87. The number of nitrogens with zero attached hydrogens (tertiary/aromatic N) is 4. The number of rotatable bonds is 7. The molecule has 1 N–H and O–H groups in total. The van der Waals surface area contributed by atoms with Crippen LogP contribution in [0, 0.1) is 0 Å². The topological polar surface area (TPSA) is 116 Å². The van der Waals surface area contributed by atoms with Crippen molar-refractivity contribution < 1.29 is 28.9 Å². The summed E-state index contributed by atoms with van der Waals surface area (Å²) in [5, 5.41) is 17.0. The van der Waals surface area contributed by atoms with Crippen LogP contribution in [0.3, 0.4) is 0 Å². The molecular weight excluding hydrogens is 420 g/mol. The van der Waals surface area contributed by atoms with Gasteiger partial charge in [-0.2, -0.15) is 0 Å². The predicted molar refractivity (Wildman–Crippen MR) is 109 cm³/mol. The Morgan fingerprint density at radius 3 is 2.45 bits per heavy atom. The van der Waals surface area contributed by atoms with Crippen molar-refractivity contribution in [3.05, 3.63) is 28.9 Å². The Morgan fingerprint density at radius 2 is 1.90 bits per heavy atom. The summed E-state index contributed by atoms with van der Waals surface area (Å²) in [6.07, 6.45) is 3.10. The van der Waals surface area contributed by atoms with Crippen LogP contribution >= 0.6 is 24.0 Å². The first-order valence-corrected chi connectivity index (χ1v) is 9.30. The second kappa shape index (κ2) is 8.49. The van der Waals surface area contributed by atoms with E-state index in [-0.39, 0.29) is 9.23 Å². The van der Waals surface area contributed by atoms with Gasteiger partial charge in [0.1, 0.15) is 16.6 Å². The van der Waals surface area contributed by atoms with Gasteiger partial charge in [-0.25, -0.2) is 4.68 Å². The molecule has 1 fully saturated rings. The van der Waals surface area contributed by atoms with E-state index in [9.17, 15) is 9.59 Å². The Kier molecular flexibility index (Phi) is 6.03. The van der Waals surface area contributed by atoms with Gasteiger partial charge in [0, 0.05) is 12.1 Å². The molecule has 1 aromatic heterocycles. The number of carbonyl (C=O) groups excluding carboxylic acids is 1. The lowest BCUT2D eigenvalue weighted by Crippen LogP contribution is -2.33. The molecule has 0 spiro atoms. The molecule has 29 heavy (non-hydrogen) atoms. The molecule has 1 aliphatic rings. The summed E-state index contributed by atoms with van der Waals surface area (Å²) in [6.45, 7) is -0.486. The molecule has 0 atom stereocenters. The predicted octanol–water partition coefficient (Wildman–Crippen LogP) is 1.58. The number of aliphatic carboxylic acids is 1. The normalized spacial score (nSPS) is 15.1. The van der Waals surface area contributed by atoms with E-state index in [0.717, 1.165) is 16.7 Å². The number of carboxylic acid groups (broad SMARTS) is 1. The van der Waals surface area contributed by atoms with E-state index in [1.165, 1.54) is 32.1 Å². The Morgan fingerprint density at radius 1 is 1.24 bits per heavy atom. The molecule has 2 heterocycles. The van der Waals surface area contributed by atoms with Gasteiger partial charge < -0.3 is 19.3 Å². The van der Waals surface area contributed by atoms with Gasteiger partial charge in [0.2, 0.25) is 5.75 Å². The largest absolute Gasteiger partial charge is 0.493 e. The molecule has 1 amide bonds. The molecule has 12 heteroatoms. The quantitative estimate of drug-likeness (QED) is 0.506. The number of thioether (sulfide) groups is 1. The maximum absolute atomic E-state index is 12.4. The first-order valence-electron chi connectivity index (χ1n) is 8.07. The average molecular weight is 436 g/mol. The van der Waals surface area contributed by atoms with Gasteiger partial charge in [0.15, 0.2) is 11.5 Å². The number of carbonyl (C=O) groups is 2. The van der Waals surface area contributed by atoms with Crippen LogP contribution in [0.15, 0.2) is 23.2 Å². The van der Waals surface area contributed by atoms with Crippen LogP contribution in [0.4, 0.5) is 0 Å². The fourth-order valence-corrected chi connectivity index (χ4v) is 3.81. The number of benzene rings is 1. The van der Waals surface area contributed by atoms with Crippen molar-refractivity contribution in [2.75, 3.05) is 27.9 Å². The van der Waals surface area contributed by atoms with Crippen LogP contribution in [0.25, 0.3) is 11.8 Å². The van der Waals surface area contributed by atoms with Crippen molar-refractivity contribution in [2.24, 2.45) is 0 Å². The lowest BCUT2D eigenvalue weighted by atomic mass is 10.2. The van der Waals surface area contributed by atoms with E-state index in [1.54, 1.807) is 18.3 Å². The molecule has 0 aliphatic carbocycles. The van der Waals surface area contributed by atoms with Crippen molar-refractivity contribution in [3.8, 4) is 22.9 Å². The van der Waals surface area contributed by atoms with Gasteiger partial charge >= 0.3 is 5.97 Å². The minimum Gasteiger partial charge on any atom is -0.493 e. The first-order chi connectivity index (χ1) is 13.9. The number of carboxylic acids is 1.